The molecule has 17 heavy (non-hydrogen) atoms. The average molecular weight is 238 g/mol. The molecule has 0 aliphatic carbocycles. The smallest absolute Gasteiger partial charge is 0.246 e. The predicted octanol–water partition coefficient (Wildman–Crippen LogP) is 0.129. The van der Waals surface area contributed by atoms with Crippen LogP contribution in [0, 0.1) is 0 Å². The lowest BCUT2D eigenvalue weighted by Gasteiger charge is -2.09. The van der Waals surface area contributed by atoms with Gasteiger partial charge in [0.25, 0.3) is 0 Å². The van der Waals surface area contributed by atoms with Gasteiger partial charge in [-0.1, -0.05) is 0 Å². The minimum atomic E-state index is 1.18. The van der Waals surface area contributed by atoms with Gasteiger partial charge in [0, 0.05) is 12.8 Å². The zero-order chi connectivity index (χ0) is 12.4. The summed E-state index contributed by atoms with van der Waals surface area (Å²) in [5, 5.41) is 0. The normalized spacial score (nSPS) is 21.2. The van der Waals surface area contributed by atoms with Gasteiger partial charge in [-0.25, -0.2) is 0 Å². The second-order valence-electron chi connectivity index (χ2n) is 5.37. The highest BCUT2D eigenvalue weighted by molar-refractivity contribution is 5.81. The van der Waals surface area contributed by atoms with Gasteiger partial charge in [0.2, 0.25) is 11.7 Å². The molecule has 2 heterocycles. The summed E-state index contributed by atoms with van der Waals surface area (Å²) in [5.41, 5.74) is 0. The molecule has 0 aromatic heterocycles. The maximum Gasteiger partial charge on any atom is 0.246 e. The van der Waals surface area contributed by atoms with Gasteiger partial charge in [-0.15, -0.1) is 0 Å². The molecule has 0 amide bonds. The van der Waals surface area contributed by atoms with E-state index >= 15 is 0 Å². The highest BCUT2D eigenvalue weighted by Crippen LogP contribution is 2.09. The van der Waals surface area contributed by atoms with Gasteiger partial charge in [0.1, 0.15) is 26.2 Å². The Hall–Kier alpha value is -1.06. The van der Waals surface area contributed by atoms with Crippen LogP contribution in [0.5, 0.6) is 0 Å². The van der Waals surface area contributed by atoms with Crippen LogP contribution < -0.4 is 0 Å². The molecule has 96 valence electrons. The van der Waals surface area contributed by atoms with E-state index in [0.29, 0.717) is 0 Å². The molecule has 0 N–H and O–H groups in total. The highest BCUT2D eigenvalue weighted by Gasteiger charge is 2.27. The van der Waals surface area contributed by atoms with E-state index in [1.165, 1.54) is 57.1 Å². The van der Waals surface area contributed by atoms with Crippen LogP contribution in [0.15, 0.2) is 0 Å². The maximum absolute atomic E-state index is 2.40. The van der Waals surface area contributed by atoms with E-state index < -0.39 is 0 Å². The summed E-state index contributed by atoms with van der Waals surface area (Å²) >= 11 is 0. The van der Waals surface area contributed by atoms with Gasteiger partial charge in [-0.3, -0.25) is 19.0 Å². The molecule has 0 fully saturated rings. The SMILES string of the molecule is CN1CC[N+](C)=C1CCCC1=[N+](C)CCN1C. The largest absolute Gasteiger partial charge is 0.264 e. The molecular formula is C13H26N4+2. The van der Waals surface area contributed by atoms with Crippen molar-refractivity contribution in [3.8, 4) is 0 Å². The number of likely N-dealkylation sites (N-methyl/N-ethyl adjacent to an activating group) is 4. The molecule has 0 saturated carbocycles. The van der Waals surface area contributed by atoms with Crippen molar-refractivity contribution in [3.63, 3.8) is 0 Å². The molecule has 0 atom stereocenters. The monoisotopic (exact) mass is 238 g/mol. The minimum absolute atomic E-state index is 1.18. The van der Waals surface area contributed by atoms with Crippen molar-refractivity contribution in [2.45, 2.75) is 19.3 Å². The standard InChI is InChI=1S/C13H26N4/c1-14-8-9-15(2)12(14)6-5-7-13-16(3)10-11-17(13)4/h5-11H2,1-4H3/q+2. The summed E-state index contributed by atoms with van der Waals surface area (Å²) in [4.78, 5) is 4.79. The van der Waals surface area contributed by atoms with E-state index in [1.807, 2.05) is 0 Å². The lowest BCUT2D eigenvalue weighted by molar-refractivity contribution is -0.488. The Morgan fingerprint density at radius 1 is 0.882 bits per heavy atom. The maximum atomic E-state index is 2.40. The predicted molar refractivity (Wildman–Crippen MR) is 71.2 cm³/mol. The molecule has 0 saturated heterocycles. The molecule has 2 rings (SSSR count). The van der Waals surface area contributed by atoms with Gasteiger partial charge < -0.3 is 0 Å². The quantitative estimate of drug-likeness (QED) is 0.646. The molecule has 2 aliphatic heterocycles. The first-order valence-electron chi connectivity index (χ1n) is 6.66. The third-order valence-corrected chi connectivity index (χ3v) is 4.10. The van der Waals surface area contributed by atoms with Crippen molar-refractivity contribution < 1.29 is 9.15 Å². The molecular weight excluding hydrogens is 212 g/mol. The van der Waals surface area contributed by atoms with E-state index in [-0.39, 0.29) is 0 Å². The van der Waals surface area contributed by atoms with Crippen LogP contribution in [0.3, 0.4) is 0 Å². The first-order valence-corrected chi connectivity index (χ1v) is 6.66. The fraction of sp³-hybridized carbons (Fsp3) is 0.846. The first-order chi connectivity index (χ1) is 8.09. The Kier molecular flexibility index (Phi) is 3.69. The number of nitrogens with zero attached hydrogens (tertiary/aromatic N) is 4. The summed E-state index contributed by atoms with van der Waals surface area (Å²) < 4.78 is 4.79. The zero-order valence-electron chi connectivity index (χ0n) is 11.7. The fourth-order valence-corrected chi connectivity index (χ4v) is 2.87. The minimum Gasteiger partial charge on any atom is -0.264 e. The third-order valence-electron chi connectivity index (χ3n) is 4.10. The molecule has 4 heteroatoms. The molecule has 0 aromatic carbocycles. The van der Waals surface area contributed by atoms with Crippen LogP contribution in [-0.4, -0.2) is 85.0 Å². The van der Waals surface area contributed by atoms with Crippen molar-refractivity contribution in [1.29, 1.82) is 0 Å². The van der Waals surface area contributed by atoms with Crippen molar-refractivity contribution >= 4 is 11.7 Å². The summed E-state index contributed by atoms with van der Waals surface area (Å²) in [6.45, 7) is 4.73. The van der Waals surface area contributed by atoms with E-state index in [1.54, 1.807) is 0 Å². The van der Waals surface area contributed by atoms with Crippen molar-refractivity contribution in [2.24, 2.45) is 0 Å². The summed E-state index contributed by atoms with van der Waals surface area (Å²) in [6.07, 6.45) is 3.67. The Bertz CT molecular complexity index is 322. The van der Waals surface area contributed by atoms with Crippen LogP contribution in [0.25, 0.3) is 0 Å². The van der Waals surface area contributed by atoms with Crippen LogP contribution in [0.1, 0.15) is 19.3 Å². The second kappa shape index (κ2) is 5.07. The van der Waals surface area contributed by atoms with E-state index in [0.717, 1.165) is 0 Å². The van der Waals surface area contributed by atoms with E-state index in [4.69, 9.17) is 0 Å². The molecule has 2 aliphatic rings. The Labute approximate surface area is 105 Å². The molecule has 0 aromatic rings. The fourth-order valence-electron chi connectivity index (χ4n) is 2.87. The van der Waals surface area contributed by atoms with Crippen LogP contribution in [0.4, 0.5) is 0 Å². The van der Waals surface area contributed by atoms with Gasteiger partial charge in [-0.2, -0.15) is 0 Å². The second-order valence-corrected chi connectivity index (χ2v) is 5.37. The van der Waals surface area contributed by atoms with Gasteiger partial charge in [-0.05, 0) is 6.42 Å². The molecule has 0 radical (unpaired) electrons. The highest BCUT2D eigenvalue weighted by atomic mass is 15.3. The van der Waals surface area contributed by atoms with Crippen LogP contribution >= 0.6 is 0 Å². The average Bonchev–Trinajstić information content (AvgIpc) is 2.77. The third kappa shape index (κ3) is 2.61. The Morgan fingerprint density at radius 3 is 1.59 bits per heavy atom. The molecule has 0 unspecified atom stereocenters. The van der Waals surface area contributed by atoms with Crippen LogP contribution in [0.2, 0.25) is 0 Å². The Morgan fingerprint density at radius 2 is 1.29 bits per heavy atom. The van der Waals surface area contributed by atoms with Gasteiger partial charge >= 0.3 is 0 Å². The lowest BCUT2D eigenvalue weighted by Crippen LogP contribution is -2.27. The number of hydrogen-bond donors (Lipinski definition) is 0. The van der Waals surface area contributed by atoms with Gasteiger partial charge in [0.05, 0.1) is 28.2 Å². The summed E-state index contributed by atoms with van der Waals surface area (Å²) in [5.74, 6) is 3.02. The first kappa shape index (κ1) is 12.4. The topological polar surface area (TPSA) is 12.5 Å². The van der Waals surface area contributed by atoms with Crippen molar-refractivity contribution in [3.05, 3.63) is 0 Å². The van der Waals surface area contributed by atoms with E-state index in [9.17, 15) is 0 Å². The lowest BCUT2D eigenvalue weighted by atomic mass is 10.2. The van der Waals surface area contributed by atoms with Gasteiger partial charge in [0.15, 0.2) is 0 Å². The molecule has 0 spiro atoms. The summed E-state index contributed by atoms with van der Waals surface area (Å²) in [6, 6.07) is 0. The summed E-state index contributed by atoms with van der Waals surface area (Å²) in [7, 11) is 8.83. The number of rotatable bonds is 4. The van der Waals surface area contributed by atoms with Crippen LogP contribution in [-0.2, 0) is 0 Å². The van der Waals surface area contributed by atoms with Crippen molar-refractivity contribution in [2.75, 3.05) is 54.4 Å². The molecule has 0 bridgehead atoms. The molecule has 4 nitrogen and oxygen atoms in total. The Balaban J connectivity index is 1.84. The zero-order valence-corrected chi connectivity index (χ0v) is 11.7. The van der Waals surface area contributed by atoms with E-state index in [2.05, 4.69) is 47.1 Å². The number of hydrogen-bond acceptors (Lipinski definition) is 2. The number of amidine groups is 2. The van der Waals surface area contributed by atoms with Crippen molar-refractivity contribution in [1.82, 2.24) is 9.80 Å².